The Kier molecular flexibility index (Phi) is 3.12. The predicted molar refractivity (Wildman–Crippen MR) is 82.8 cm³/mol. The van der Waals surface area contributed by atoms with E-state index in [-0.39, 0.29) is 5.91 Å². The molecule has 1 aliphatic heterocycles. The molecule has 120 valence electrons. The van der Waals surface area contributed by atoms with Crippen molar-refractivity contribution in [3.63, 3.8) is 0 Å². The maximum absolute atomic E-state index is 11.7. The number of ether oxygens (including phenoxy) is 1. The van der Waals surface area contributed by atoms with Crippen LogP contribution in [0.4, 0.5) is 5.69 Å². The molecule has 1 aliphatic carbocycles. The van der Waals surface area contributed by atoms with E-state index in [1.807, 2.05) is 12.1 Å². The molecule has 2 aliphatic rings. The number of para-hydroxylation sites is 1. The van der Waals surface area contributed by atoms with Crippen LogP contribution in [0.15, 0.2) is 22.7 Å². The first-order chi connectivity index (χ1) is 11.1. The number of nitrogens with two attached hydrogens (primary N) is 1. The molecule has 1 fully saturated rings. The zero-order valence-electron chi connectivity index (χ0n) is 12.8. The number of carbonyl (C=O) groups excluding carboxylic acids is 1. The number of hydrogen-bond donors (Lipinski definition) is 2. The van der Waals surface area contributed by atoms with Gasteiger partial charge in [-0.05, 0) is 31.9 Å². The number of nitrogens with one attached hydrogen (secondary N) is 1. The monoisotopic (exact) mass is 314 g/mol. The van der Waals surface area contributed by atoms with Gasteiger partial charge in [0.1, 0.15) is 0 Å². The SMILES string of the molecule is CC1Oc2c(cccc2-c2nc(C3(N)CCCC3)no2)NC1=O. The van der Waals surface area contributed by atoms with Crippen molar-refractivity contribution < 1.29 is 14.1 Å². The number of rotatable bonds is 2. The Morgan fingerprint density at radius 1 is 1.35 bits per heavy atom. The Bertz CT molecular complexity index is 764. The Hall–Kier alpha value is -2.41. The smallest absolute Gasteiger partial charge is 0.265 e. The van der Waals surface area contributed by atoms with Crippen molar-refractivity contribution in [2.75, 3.05) is 5.32 Å². The highest BCUT2D eigenvalue weighted by Gasteiger charge is 2.36. The molecular weight excluding hydrogens is 296 g/mol. The van der Waals surface area contributed by atoms with Crippen molar-refractivity contribution in [2.24, 2.45) is 5.73 Å². The molecule has 0 saturated heterocycles. The molecule has 2 aromatic rings. The topological polar surface area (TPSA) is 103 Å². The summed E-state index contributed by atoms with van der Waals surface area (Å²) < 4.78 is 11.1. The van der Waals surface area contributed by atoms with Gasteiger partial charge in [0.2, 0.25) is 0 Å². The number of nitrogens with zero attached hydrogens (tertiary/aromatic N) is 2. The third-order valence-electron chi connectivity index (χ3n) is 4.53. The van der Waals surface area contributed by atoms with Crippen LogP contribution in [0.1, 0.15) is 38.4 Å². The molecule has 7 heteroatoms. The van der Waals surface area contributed by atoms with E-state index in [1.165, 1.54) is 0 Å². The van der Waals surface area contributed by atoms with E-state index in [2.05, 4.69) is 15.5 Å². The Labute approximate surface area is 133 Å². The molecule has 7 nitrogen and oxygen atoms in total. The minimum absolute atomic E-state index is 0.173. The lowest BCUT2D eigenvalue weighted by Gasteiger charge is -2.24. The quantitative estimate of drug-likeness (QED) is 0.880. The van der Waals surface area contributed by atoms with Crippen molar-refractivity contribution in [3.8, 4) is 17.2 Å². The standard InChI is InChI=1S/C16H18N4O3/c1-9-13(21)18-11-6-4-5-10(12(11)22-9)14-19-15(20-23-14)16(17)7-2-3-8-16/h4-6,9H,2-3,7-8,17H2,1H3,(H,18,21). The summed E-state index contributed by atoms with van der Waals surface area (Å²) in [4.78, 5) is 16.2. The second-order valence-corrected chi connectivity index (χ2v) is 6.22. The summed E-state index contributed by atoms with van der Waals surface area (Å²) in [6.07, 6.45) is 3.31. The number of carbonyl (C=O) groups is 1. The predicted octanol–water partition coefficient (Wildman–Crippen LogP) is 2.18. The first-order valence-corrected chi connectivity index (χ1v) is 7.81. The molecule has 23 heavy (non-hydrogen) atoms. The first kappa shape index (κ1) is 14.2. The molecule has 2 heterocycles. The maximum atomic E-state index is 11.7. The average molecular weight is 314 g/mol. The Morgan fingerprint density at radius 2 is 2.13 bits per heavy atom. The van der Waals surface area contributed by atoms with Crippen LogP contribution < -0.4 is 15.8 Å². The molecule has 1 atom stereocenters. The van der Waals surface area contributed by atoms with E-state index in [4.69, 9.17) is 15.0 Å². The summed E-state index contributed by atoms with van der Waals surface area (Å²) in [5.74, 6) is 1.27. The van der Waals surface area contributed by atoms with E-state index >= 15 is 0 Å². The van der Waals surface area contributed by atoms with Gasteiger partial charge in [-0.3, -0.25) is 4.79 Å². The summed E-state index contributed by atoms with van der Waals surface area (Å²) in [6, 6.07) is 5.42. The summed E-state index contributed by atoms with van der Waals surface area (Å²) in [6.45, 7) is 1.70. The van der Waals surface area contributed by atoms with Crippen LogP contribution in [0.25, 0.3) is 11.5 Å². The number of anilines is 1. The normalized spacial score (nSPS) is 22.3. The minimum atomic E-state index is -0.568. The molecule has 0 bridgehead atoms. The van der Waals surface area contributed by atoms with E-state index < -0.39 is 11.6 Å². The fourth-order valence-electron chi connectivity index (χ4n) is 3.16. The van der Waals surface area contributed by atoms with Gasteiger partial charge in [-0.2, -0.15) is 4.98 Å². The van der Waals surface area contributed by atoms with E-state index in [1.54, 1.807) is 13.0 Å². The van der Waals surface area contributed by atoms with Crippen molar-refractivity contribution in [3.05, 3.63) is 24.0 Å². The van der Waals surface area contributed by atoms with Gasteiger partial charge in [-0.25, -0.2) is 0 Å². The van der Waals surface area contributed by atoms with E-state index in [0.29, 0.717) is 28.7 Å². The fraction of sp³-hybridized carbons (Fsp3) is 0.438. The highest BCUT2D eigenvalue weighted by Crippen LogP contribution is 2.40. The van der Waals surface area contributed by atoms with Gasteiger partial charge in [-0.15, -0.1) is 0 Å². The van der Waals surface area contributed by atoms with Crippen LogP contribution in [-0.2, 0) is 10.3 Å². The molecule has 0 spiro atoms. The van der Waals surface area contributed by atoms with Gasteiger partial charge >= 0.3 is 0 Å². The van der Waals surface area contributed by atoms with Crippen LogP contribution in [0.5, 0.6) is 5.75 Å². The van der Waals surface area contributed by atoms with Gasteiger partial charge in [0.25, 0.3) is 11.8 Å². The van der Waals surface area contributed by atoms with Crippen LogP contribution in [-0.4, -0.2) is 22.2 Å². The summed E-state index contributed by atoms with van der Waals surface area (Å²) in [5.41, 5.74) is 7.14. The second kappa shape index (κ2) is 5.06. The van der Waals surface area contributed by atoms with Crippen molar-refractivity contribution >= 4 is 11.6 Å². The maximum Gasteiger partial charge on any atom is 0.265 e. The third-order valence-corrected chi connectivity index (χ3v) is 4.53. The number of fused-ring (bicyclic) bond motifs is 1. The van der Waals surface area contributed by atoms with Crippen LogP contribution >= 0.6 is 0 Å². The van der Waals surface area contributed by atoms with Crippen LogP contribution in [0.2, 0.25) is 0 Å². The largest absolute Gasteiger partial charge is 0.478 e. The Morgan fingerprint density at radius 3 is 2.91 bits per heavy atom. The fourth-order valence-corrected chi connectivity index (χ4v) is 3.16. The van der Waals surface area contributed by atoms with Crippen molar-refractivity contribution in [2.45, 2.75) is 44.2 Å². The van der Waals surface area contributed by atoms with Crippen molar-refractivity contribution in [1.82, 2.24) is 10.1 Å². The highest BCUT2D eigenvalue weighted by molar-refractivity contribution is 5.99. The molecule has 3 N–H and O–H groups in total. The number of benzene rings is 1. The van der Waals surface area contributed by atoms with Gasteiger partial charge in [0.05, 0.1) is 16.8 Å². The molecule has 1 amide bonds. The third kappa shape index (κ3) is 2.28. The highest BCUT2D eigenvalue weighted by atomic mass is 16.5. The van der Waals surface area contributed by atoms with Gasteiger partial charge in [-0.1, -0.05) is 24.1 Å². The summed E-state index contributed by atoms with van der Waals surface area (Å²) >= 11 is 0. The molecule has 1 aromatic heterocycles. The molecule has 4 rings (SSSR count). The molecular formula is C16H18N4O3. The molecule has 1 aromatic carbocycles. The zero-order valence-corrected chi connectivity index (χ0v) is 12.8. The minimum Gasteiger partial charge on any atom is -0.478 e. The van der Waals surface area contributed by atoms with Crippen molar-refractivity contribution in [1.29, 1.82) is 0 Å². The second-order valence-electron chi connectivity index (χ2n) is 6.22. The lowest BCUT2D eigenvalue weighted by atomic mass is 9.98. The van der Waals surface area contributed by atoms with Crippen LogP contribution in [0.3, 0.4) is 0 Å². The number of aromatic nitrogens is 2. The Balaban J connectivity index is 1.74. The molecule has 1 saturated carbocycles. The summed E-state index contributed by atoms with van der Waals surface area (Å²) in [5, 5.41) is 6.89. The van der Waals surface area contributed by atoms with Gasteiger partial charge in [0, 0.05) is 0 Å². The number of hydrogen-bond acceptors (Lipinski definition) is 6. The molecule has 0 radical (unpaired) electrons. The molecule has 1 unspecified atom stereocenters. The first-order valence-electron chi connectivity index (χ1n) is 7.81. The van der Waals surface area contributed by atoms with E-state index in [0.717, 1.165) is 25.7 Å². The number of amides is 1. The average Bonchev–Trinajstić information content (AvgIpc) is 3.18. The van der Waals surface area contributed by atoms with Gasteiger partial charge < -0.3 is 20.3 Å². The van der Waals surface area contributed by atoms with Crippen LogP contribution in [0, 0.1) is 0 Å². The zero-order chi connectivity index (χ0) is 16.0. The van der Waals surface area contributed by atoms with E-state index in [9.17, 15) is 4.79 Å². The summed E-state index contributed by atoms with van der Waals surface area (Å²) in [7, 11) is 0. The lowest BCUT2D eigenvalue weighted by molar-refractivity contribution is -0.122. The lowest BCUT2D eigenvalue weighted by Crippen LogP contribution is -2.34. The van der Waals surface area contributed by atoms with Gasteiger partial charge in [0.15, 0.2) is 17.7 Å².